The molecule has 0 aliphatic carbocycles. The van der Waals surface area contributed by atoms with E-state index in [-0.39, 0.29) is 5.82 Å². The van der Waals surface area contributed by atoms with Gasteiger partial charge < -0.3 is 5.32 Å². The van der Waals surface area contributed by atoms with E-state index in [0.717, 1.165) is 25.1 Å². The maximum atomic E-state index is 13.4. The van der Waals surface area contributed by atoms with Crippen molar-refractivity contribution in [1.29, 1.82) is 0 Å². The quantitative estimate of drug-likeness (QED) is 0.900. The van der Waals surface area contributed by atoms with Gasteiger partial charge in [-0.25, -0.2) is 4.39 Å². The Hall–Kier alpha value is -0.930. The van der Waals surface area contributed by atoms with Crippen LogP contribution >= 0.6 is 0 Å². The molecule has 0 radical (unpaired) electrons. The highest BCUT2D eigenvalue weighted by Gasteiger charge is 2.32. The molecular weight excluding hydrogens is 239 g/mol. The number of fused-ring (bicyclic) bond motifs is 2. The van der Waals surface area contributed by atoms with E-state index in [1.807, 2.05) is 6.07 Å². The summed E-state index contributed by atoms with van der Waals surface area (Å²) in [6, 6.07) is 8.82. The zero-order valence-corrected chi connectivity index (χ0v) is 11.6. The molecule has 0 saturated carbocycles. The van der Waals surface area contributed by atoms with E-state index in [9.17, 15) is 4.39 Å². The molecule has 2 fully saturated rings. The van der Waals surface area contributed by atoms with Crippen LogP contribution in [0.15, 0.2) is 24.3 Å². The largest absolute Gasteiger partial charge is 0.310 e. The molecule has 1 N–H and O–H groups in total. The molecule has 1 aromatic carbocycles. The van der Waals surface area contributed by atoms with Crippen LogP contribution in [0.5, 0.6) is 0 Å². The number of rotatable bonds is 3. The van der Waals surface area contributed by atoms with Crippen molar-refractivity contribution >= 4 is 0 Å². The van der Waals surface area contributed by atoms with E-state index in [1.165, 1.54) is 25.3 Å². The maximum absolute atomic E-state index is 13.4. The first-order valence-electron chi connectivity index (χ1n) is 7.52. The summed E-state index contributed by atoms with van der Waals surface area (Å²) in [5.74, 6) is -0.120. The van der Waals surface area contributed by atoms with Crippen LogP contribution < -0.4 is 5.32 Å². The number of hydrogen-bond acceptors (Lipinski definition) is 2. The van der Waals surface area contributed by atoms with Crippen LogP contribution in [0.3, 0.4) is 0 Å². The van der Waals surface area contributed by atoms with E-state index in [2.05, 4.69) is 23.2 Å². The third kappa shape index (κ3) is 2.82. The summed E-state index contributed by atoms with van der Waals surface area (Å²) < 4.78 is 13.4. The van der Waals surface area contributed by atoms with Gasteiger partial charge in [0, 0.05) is 31.2 Å². The molecule has 104 valence electrons. The van der Waals surface area contributed by atoms with Gasteiger partial charge in [-0.05, 0) is 43.4 Å². The van der Waals surface area contributed by atoms with Crippen LogP contribution in [0.25, 0.3) is 0 Å². The lowest BCUT2D eigenvalue weighted by Gasteiger charge is -2.32. The van der Waals surface area contributed by atoms with Gasteiger partial charge in [-0.3, -0.25) is 4.90 Å². The second kappa shape index (κ2) is 5.59. The number of nitrogens with one attached hydrogen (secondary N) is 1. The molecule has 2 heterocycles. The van der Waals surface area contributed by atoms with E-state index >= 15 is 0 Å². The SMILES string of the molecule is CCC(c1cccc(F)c1)N1CCC2CCC(C1)N2. The fourth-order valence-corrected chi connectivity index (χ4v) is 3.67. The fraction of sp³-hybridized carbons (Fsp3) is 0.625. The third-order valence-electron chi connectivity index (χ3n) is 4.62. The Morgan fingerprint density at radius 1 is 1.32 bits per heavy atom. The standard InChI is InChI=1S/C16H23FN2/c1-2-16(12-4-3-5-13(17)10-12)19-9-8-14-6-7-15(11-19)18-14/h3-5,10,14-16,18H,2,6-9,11H2,1H3. The van der Waals surface area contributed by atoms with Gasteiger partial charge >= 0.3 is 0 Å². The van der Waals surface area contributed by atoms with Gasteiger partial charge in [0.15, 0.2) is 0 Å². The van der Waals surface area contributed by atoms with Gasteiger partial charge in [-0.2, -0.15) is 0 Å². The number of likely N-dealkylation sites (tertiary alicyclic amines) is 1. The molecule has 0 aromatic heterocycles. The zero-order valence-electron chi connectivity index (χ0n) is 11.6. The molecule has 2 nitrogen and oxygen atoms in total. The highest BCUT2D eigenvalue weighted by molar-refractivity contribution is 5.20. The number of benzene rings is 1. The number of hydrogen-bond donors (Lipinski definition) is 1. The van der Waals surface area contributed by atoms with Crippen LogP contribution in [0.2, 0.25) is 0 Å². The summed E-state index contributed by atoms with van der Waals surface area (Å²) in [6.07, 6.45) is 4.89. The molecule has 2 saturated heterocycles. The summed E-state index contributed by atoms with van der Waals surface area (Å²) >= 11 is 0. The van der Waals surface area contributed by atoms with E-state index in [4.69, 9.17) is 0 Å². The lowest BCUT2D eigenvalue weighted by molar-refractivity contribution is 0.182. The van der Waals surface area contributed by atoms with E-state index in [0.29, 0.717) is 18.1 Å². The molecule has 1 aromatic rings. The van der Waals surface area contributed by atoms with Gasteiger partial charge in [0.2, 0.25) is 0 Å². The van der Waals surface area contributed by atoms with Gasteiger partial charge in [0.25, 0.3) is 0 Å². The maximum Gasteiger partial charge on any atom is 0.123 e. The smallest absolute Gasteiger partial charge is 0.123 e. The molecule has 2 bridgehead atoms. The molecule has 3 atom stereocenters. The average molecular weight is 262 g/mol. The summed E-state index contributed by atoms with van der Waals surface area (Å²) in [5, 5.41) is 3.71. The Morgan fingerprint density at radius 3 is 2.95 bits per heavy atom. The lowest BCUT2D eigenvalue weighted by Crippen LogP contribution is -2.37. The average Bonchev–Trinajstić information content (AvgIpc) is 2.73. The van der Waals surface area contributed by atoms with Crippen molar-refractivity contribution in [1.82, 2.24) is 10.2 Å². The molecule has 3 unspecified atom stereocenters. The second-order valence-corrected chi connectivity index (χ2v) is 5.90. The molecular formula is C16H23FN2. The monoisotopic (exact) mass is 262 g/mol. The minimum atomic E-state index is -0.120. The Kier molecular flexibility index (Phi) is 3.85. The van der Waals surface area contributed by atoms with Crippen molar-refractivity contribution in [2.45, 2.75) is 50.7 Å². The normalized spacial score (nSPS) is 29.2. The Balaban J connectivity index is 1.78. The van der Waals surface area contributed by atoms with Gasteiger partial charge in [-0.1, -0.05) is 19.1 Å². The fourth-order valence-electron chi connectivity index (χ4n) is 3.67. The van der Waals surface area contributed by atoms with Crippen molar-refractivity contribution in [3.05, 3.63) is 35.6 Å². The predicted molar refractivity (Wildman–Crippen MR) is 75.6 cm³/mol. The van der Waals surface area contributed by atoms with Gasteiger partial charge in [0.1, 0.15) is 5.82 Å². The van der Waals surface area contributed by atoms with Gasteiger partial charge in [-0.15, -0.1) is 0 Å². The summed E-state index contributed by atoms with van der Waals surface area (Å²) in [7, 11) is 0. The lowest BCUT2D eigenvalue weighted by atomic mass is 10.00. The van der Waals surface area contributed by atoms with Crippen molar-refractivity contribution in [3.8, 4) is 0 Å². The summed E-state index contributed by atoms with van der Waals surface area (Å²) in [5.41, 5.74) is 1.13. The summed E-state index contributed by atoms with van der Waals surface area (Å²) in [6.45, 7) is 4.43. The molecule has 2 aliphatic heterocycles. The van der Waals surface area contributed by atoms with Crippen LogP contribution in [0.4, 0.5) is 4.39 Å². The van der Waals surface area contributed by atoms with E-state index < -0.39 is 0 Å². The highest BCUT2D eigenvalue weighted by Crippen LogP contribution is 2.29. The van der Waals surface area contributed by atoms with Crippen molar-refractivity contribution < 1.29 is 4.39 Å². The van der Waals surface area contributed by atoms with Crippen LogP contribution in [0.1, 0.15) is 44.2 Å². The zero-order chi connectivity index (χ0) is 13.2. The number of nitrogens with zero attached hydrogens (tertiary/aromatic N) is 1. The summed E-state index contributed by atoms with van der Waals surface area (Å²) in [4.78, 5) is 2.55. The van der Waals surface area contributed by atoms with Gasteiger partial charge in [0.05, 0.1) is 0 Å². The Labute approximate surface area is 115 Å². The van der Waals surface area contributed by atoms with Crippen LogP contribution in [0, 0.1) is 5.82 Å². The molecule has 2 aliphatic rings. The predicted octanol–water partition coefficient (Wildman–Crippen LogP) is 3.10. The number of halogens is 1. The molecule has 19 heavy (non-hydrogen) atoms. The Morgan fingerprint density at radius 2 is 2.16 bits per heavy atom. The third-order valence-corrected chi connectivity index (χ3v) is 4.62. The molecule has 3 heteroatoms. The first-order chi connectivity index (χ1) is 9.26. The van der Waals surface area contributed by atoms with Crippen LogP contribution in [-0.2, 0) is 0 Å². The van der Waals surface area contributed by atoms with Crippen molar-refractivity contribution in [2.24, 2.45) is 0 Å². The second-order valence-electron chi connectivity index (χ2n) is 5.90. The first-order valence-corrected chi connectivity index (χ1v) is 7.52. The molecule has 0 spiro atoms. The van der Waals surface area contributed by atoms with Crippen molar-refractivity contribution in [3.63, 3.8) is 0 Å². The topological polar surface area (TPSA) is 15.3 Å². The minimum Gasteiger partial charge on any atom is -0.310 e. The first kappa shape index (κ1) is 13.1. The van der Waals surface area contributed by atoms with Crippen molar-refractivity contribution in [2.75, 3.05) is 13.1 Å². The Bertz CT molecular complexity index is 435. The highest BCUT2D eigenvalue weighted by atomic mass is 19.1. The minimum absolute atomic E-state index is 0.120. The molecule has 0 amide bonds. The molecule has 3 rings (SSSR count). The van der Waals surface area contributed by atoms with E-state index in [1.54, 1.807) is 6.07 Å². The van der Waals surface area contributed by atoms with Crippen LogP contribution in [-0.4, -0.2) is 30.1 Å².